The van der Waals surface area contributed by atoms with Crippen molar-refractivity contribution in [1.82, 2.24) is 0 Å². The van der Waals surface area contributed by atoms with Crippen LogP contribution in [0.3, 0.4) is 0 Å². The largest absolute Gasteiger partial charge is 0.298 e. The van der Waals surface area contributed by atoms with E-state index in [-0.39, 0.29) is 28.5 Å². The summed E-state index contributed by atoms with van der Waals surface area (Å²) in [4.78, 5) is 23.2. The van der Waals surface area contributed by atoms with Crippen LogP contribution in [-0.4, -0.2) is 19.1 Å². The number of nitro groups is 1. The topological polar surface area (TPSA) is 106 Å². The van der Waals surface area contributed by atoms with Crippen molar-refractivity contribution in [2.24, 2.45) is 0 Å². The van der Waals surface area contributed by atoms with Crippen LogP contribution in [0, 0.1) is 15.9 Å². The molecule has 0 aromatic heterocycles. The smallest absolute Gasteiger partial charge is 0.275 e. The first-order valence-electron chi connectivity index (χ1n) is 8.36. The van der Waals surface area contributed by atoms with E-state index in [2.05, 4.69) is 4.72 Å². The molecule has 0 unspecified atom stereocenters. The normalized spacial score (nSPS) is 17.4. The van der Waals surface area contributed by atoms with E-state index in [0.717, 1.165) is 36.8 Å². The van der Waals surface area contributed by atoms with Crippen LogP contribution in [0.2, 0.25) is 0 Å². The molecule has 4 rings (SSSR count). The molecule has 2 aliphatic rings. The minimum atomic E-state index is -4.05. The summed E-state index contributed by atoms with van der Waals surface area (Å²) in [5, 5.41) is 11.5. The van der Waals surface area contributed by atoms with Gasteiger partial charge in [0, 0.05) is 18.1 Å². The standard InChI is InChI=1S/C18H15FN2O5S/c19-11-2-4-13(5-3-11)27(25,26)20-12-8-15-14(16(9-12)21(23)24)10-17(22)18(15)6-1-7-18/h2-5,8-9,20H,1,6-7,10H2. The first-order valence-corrected chi connectivity index (χ1v) is 9.85. The molecule has 0 amide bonds. The monoisotopic (exact) mass is 390 g/mol. The molecule has 2 aromatic rings. The number of ketones is 1. The van der Waals surface area contributed by atoms with Crippen LogP contribution in [0.1, 0.15) is 30.4 Å². The van der Waals surface area contributed by atoms with Gasteiger partial charge in [-0.3, -0.25) is 19.6 Å². The van der Waals surface area contributed by atoms with Gasteiger partial charge >= 0.3 is 0 Å². The predicted octanol–water partition coefficient (Wildman–Crippen LogP) is 3.08. The third-order valence-electron chi connectivity index (χ3n) is 5.39. The van der Waals surface area contributed by atoms with E-state index in [1.807, 2.05) is 0 Å². The number of sulfonamides is 1. The number of halogens is 1. The Morgan fingerprint density at radius 2 is 1.81 bits per heavy atom. The number of carbonyl (C=O) groups is 1. The molecule has 1 fully saturated rings. The summed E-state index contributed by atoms with van der Waals surface area (Å²) in [6.45, 7) is 0. The highest BCUT2D eigenvalue weighted by atomic mass is 32.2. The Labute approximate surface area is 154 Å². The van der Waals surface area contributed by atoms with Gasteiger partial charge in [-0.05, 0) is 48.7 Å². The van der Waals surface area contributed by atoms with Gasteiger partial charge in [0.1, 0.15) is 11.6 Å². The van der Waals surface area contributed by atoms with E-state index in [1.165, 1.54) is 6.07 Å². The van der Waals surface area contributed by atoms with Gasteiger partial charge in [-0.2, -0.15) is 0 Å². The molecule has 0 saturated heterocycles. The van der Waals surface area contributed by atoms with Crippen molar-refractivity contribution in [1.29, 1.82) is 0 Å². The highest BCUT2D eigenvalue weighted by Gasteiger charge is 2.52. The maximum atomic E-state index is 13.0. The van der Waals surface area contributed by atoms with E-state index >= 15 is 0 Å². The molecule has 0 heterocycles. The quantitative estimate of drug-likeness (QED) is 0.638. The van der Waals surface area contributed by atoms with Crippen molar-refractivity contribution in [3.63, 3.8) is 0 Å². The van der Waals surface area contributed by atoms with Crippen molar-refractivity contribution in [2.75, 3.05) is 4.72 Å². The van der Waals surface area contributed by atoms with Crippen molar-refractivity contribution >= 4 is 27.2 Å². The molecule has 1 N–H and O–H groups in total. The number of nitro benzene ring substituents is 1. The number of fused-ring (bicyclic) bond motifs is 2. The fourth-order valence-corrected chi connectivity index (χ4v) is 4.92. The third-order valence-corrected chi connectivity index (χ3v) is 6.79. The van der Waals surface area contributed by atoms with Crippen LogP contribution in [0.5, 0.6) is 0 Å². The molecule has 9 heteroatoms. The highest BCUT2D eigenvalue weighted by Crippen LogP contribution is 2.53. The van der Waals surface area contributed by atoms with Gasteiger partial charge in [-0.25, -0.2) is 12.8 Å². The summed E-state index contributed by atoms with van der Waals surface area (Å²) in [6, 6.07) is 6.90. The van der Waals surface area contributed by atoms with Gasteiger partial charge in [-0.15, -0.1) is 0 Å². The molecule has 0 radical (unpaired) electrons. The van der Waals surface area contributed by atoms with Gasteiger partial charge in [0.25, 0.3) is 15.7 Å². The third kappa shape index (κ3) is 2.69. The number of nitrogens with one attached hydrogen (secondary N) is 1. The first kappa shape index (κ1) is 17.6. The Hall–Kier alpha value is -2.81. The van der Waals surface area contributed by atoms with E-state index in [1.54, 1.807) is 0 Å². The van der Waals surface area contributed by atoms with Crippen LogP contribution >= 0.6 is 0 Å². The molecule has 7 nitrogen and oxygen atoms in total. The predicted molar refractivity (Wildman–Crippen MR) is 94.5 cm³/mol. The van der Waals surface area contributed by atoms with E-state index in [0.29, 0.717) is 24.0 Å². The Balaban J connectivity index is 1.79. The summed E-state index contributed by atoms with van der Waals surface area (Å²) in [5.41, 5.74) is -0.0522. The van der Waals surface area contributed by atoms with Gasteiger partial charge < -0.3 is 0 Å². The second kappa shape index (κ2) is 5.85. The van der Waals surface area contributed by atoms with Crippen molar-refractivity contribution < 1.29 is 22.5 Å². The first-order chi connectivity index (χ1) is 12.7. The number of benzene rings is 2. The molecule has 2 aromatic carbocycles. The van der Waals surface area contributed by atoms with Crippen molar-refractivity contribution in [3.05, 3.63) is 63.5 Å². The lowest BCUT2D eigenvalue weighted by Crippen LogP contribution is -2.39. The number of anilines is 1. The van der Waals surface area contributed by atoms with Gasteiger partial charge in [-0.1, -0.05) is 6.42 Å². The Morgan fingerprint density at radius 3 is 2.37 bits per heavy atom. The van der Waals surface area contributed by atoms with E-state index < -0.39 is 26.2 Å². The van der Waals surface area contributed by atoms with Gasteiger partial charge in [0.15, 0.2) is 0 Å². The Bertz CT molecular complexity index is 1080. The number of hydrogen-bond acceptors (Lipinski definition) is 5. The maximum Gasteiger partial charge on any atom is 0.275 e. The molecule has 140 valence electrons. The number of rotatable bonds is 4. The SMILES string of the molecule is O=C1Cc2c([N+](=O)[O-])cc(NS(=O)(=O)c3ccc(F)cc3)cc2C12CCC2. The molecule has 27 heavy (non-hydrogen) atoms. The lowest BCUT2D eigenvalue weighted by molar-refractivity contribution is -0.385. The second-order valence-corrected chi connectivity index (χ2v) is 8.56. The van der Waals surface area contributed by atoms with Crippen molar-refractivity contribution in [3.8, 4) is 0 Å². The fraction of sp³-hybridized carbons (Fsp3) is 0.278. The van der Waals surface area contributed by atoms with E-state index in [4.69, 9.17) is 0 Å². The zero-order valence-electron chi connectivity index (χ0n) is 14.1. The molecule has 1 spiro atoms. The van der Waals surface area contributed by atoms with Crippen LogP contribution in [0.15, 0.2) is 41.3 Å². The Morgan fingerprint density at radius 1 is 1.15 bits per heavy atom. The lowest BCUT2D eigenvalue weighted by Gasteiger charge is -2.37. The van der Waals surface area contributed by atoms with Gasteiger partial charge in [0.05, 0.1) is 20.9 Å². The average Bonchev–Trinajstić information content (AvgIpc) is 2.85. The molecule has 2 aliphatic carbocycles. The molecular weight excluding hydrogens is 375 g/mol. The minimum absolute atomic E-state index is 0.00333. The maximum absolute atomic E-state index is 13.0. The molecule has 0 aliphatic heterocycles. The second-order valence-electron chi connectivity index (χ2n) is 6.87. The fourth-order valence-electron chi connectivity index (χ4n) is 3.88. The summed E-state index contributed by atoms with van der Waals surface area (Å²) in [6.07, 6.45) is 2.08. The van der Waals surface area contributed by atoms with Crippen LogP contribution in [0.25, 0.3) is 0 Å². The average molecular weight is 390 g/mol. The summed E-state index contributed by atoms with van der Waals surface area (Å²) in [5.74, 6) is -0.627. The molecule has 1 saturated carbocycles. The highest BCUT2D eigenvalue weighted by molar-refractivity contribution is 7.92. The van der Waals surface area contributed by atoms with Crippen LogP contribution < -0.4 is 4.72 Å². The van der Waals surface area contributed by atoms with Gasteiger partial charge in [0.2, 0.25) is 0 Å². The summed E-state index contributed by atoms with van der Waals surface area (Å²) >= 11 is 0. The van der Waals surface area contributed by atoms with Crippen molar-refractivity contribution in [2.45, 2.75) is 36.0 Å². The lowest BCUT2D eigenvalue weighted by atomic mass is 9.64. The Kier molecular flexibility index (Phi) is 3.81. The number of Topliss-reactive ketones (excluding diaryl/α,β-unsaturated/α-hetero) is 1. The number of hydrogen-bond donors (Lipinski definition) is 1. The molecule has 0 atom stereocenters. The zero-order chi connectivity index (χ0) is 19.4. The van der Waals surface area contributed by atoms with Crippen LogP contribution in [0.4, 0.5) is 15.8 Å². The number of carbonyl (C=O) groups excluding carboxylic acids is 1. The minimum Gasteiger partial charge on any atom is -0.298 e. The van der Waals surface area contributed by atoms with Crippen LogP contribution in [-0.2, 0) is 26.7 Å². The zero-order valence-corrected chi connectivity index (χ0v) is 14.9. The number of nitrogens with zero attached hydrogens (tertiary/aromatic N) is 1. The summed E-state index contributed by atoms with van der Waals surface area (Å²) < 4.78 is 40.4. The molecule has 0 bridgehead atoms. The molecular formula is C18H15FN2O5S. The van der Waals surface area contributed by atoms with E-state index in [9.17, 15) is 27.7 Å². The summed E-state index contributed by atoms with van der Waals surface area (Å²) in [7, 11) is -4.05.